The molecule has 1 heterocycles. The van der Waals surface area contributed by atoms with Crippen molar-refractivity contribution >= 4 is 0 Å². The molecule has 0 radical (unpaired) electrons. The van der Waals surface area contributed by atoms with Crippen LogP contribution in [0.15, 0.2) is 0 Å². The van der Waals surface area contributed by atoms with Crippen molar-refractivity contribution in [2.75, 3.05) is 13.1 Å². The van der Waals surface area contributed by atoms with Gasteiger partial charge in [0.15, 0.2) is 0 Å². The molecular formula is C10H19N. The van der Waals surface area contributed by atoms with Crippen molar-refractivity contribution in [3.05, 3.63) is 0 Å². The number of likely N-dealkylation sites (tertiary alicyclic amines) is 1. The summed E-state index contributed by atoms with van der Waals surface area (Å²) in [6.07, 6.45) is 4.39. The average Bonchev–Trinajstić information content (AvgIpc) is 2.62. The molecule has 0 aromatic carbocycles. The largest absolute Gasteiger partial charge is 0.300 e. The number of rotatable bonds is 3. The molecule has 0 aromatic rings. The Bertz CT molecular complexity index is 142. The molecule has 2 atom stereocenters. The minimum absolute atomic E-state index is 0.882. The van der Waals surface area contributed by atoms with Crippen molar-refractivity contribution in [1.29, 1.82) is 0 Å². The van der Waals surface area contributed by atoms with Crippen LogP contribution in [0.5, 0.6) is 0 Å². The van der Waals surface area contributed by atoms with Gasteiger partial charge in [-0.15, -0.1) is 0 Å². The van der Waals surface area contributed by atoms with Crippen LogP contribution in [0, 0.1) is 11.8 Å². The van der Waals surface area contributed by atoms with Crippen LogP contribution in [0.25, 0.3) is 0 Å². The van der Waals surface area contributed by atoms with Crippen molar-refractivity contribution in [1.82, 2.24) is 4.90 Å². The van der Waals surface area contributed by atoms with Gasteiger partial charge in [-0.3, -0.25) is 0 Å². The molecule has 0 spiro atoms. The first-order valence-corrected chi connectivity index (χ1v) is 5.01. The molecule has 11 heavy (non-hydrogen) atoms. The topological polar surface area (TPSA) is 3.24 Å². The highest BCUT2D eigenvalue weighted by Crippen LogP contribution is 2.44. The zero-order valence-electron chi connectivity index (χ0n) is 7.71. The Morgan fingerprint density at radius 2 is 2.27 bits per heavy atom. The van der Waals surface area contributed by atoms with Crippen LogP contribution in [0.2, 0.25) is 0 Å². The van der Waals surface area contributed by atoms with E-state index < -0.39 is 0 Å². The third-order valence-corrected chi connectivity index (χ3v) is 3.14. The van der Waals surface area contributed by atoms with E-state index in [1.54, 1.807) is 0 Å². The van der Waals surface area contributed by atoms with Crippen molar-refractivity contribution in [3.8, 4) is 0 Å². The lowest BCUT2D eigenvalue weighted by Crippen LogP contribution is -2.25. The number of fused-ring (bicyclic) bond motifs is 1. The highest BCUT2D eigenvalue weighted by Gasteiger charge is 2.46. The van der Waals surface area contributed by atoms with Gasteiger partial charge in [-0.1, -0.05) is 13.8 Å². The van der Waals surface area contributed by atoms with Crippen LogP contribution in [0.3, 0.4) is 0 Å². The maximum Gasteiger partial charge on any atom is 0.0128 e. The highest BCUT2D eigenvalue weighted by molar-refractivity contribution is 5.00. The fraction of sp³-hybridized carbons (Fsp3) is 1.00. The van der Waals surface area contributed by atoms with E-state index in [1.165, 1.54) is 32.4 Å². The quantitative estimate of drug-likeness (QED) is 0.600. The lowest BCUT2D eigenvalue weighted by atomic mass is 10.1. The standard InChI is InChI=1S/C10H19N/c1-8(2)3-5-11-6-4-9-7-10(9)11/h8-10H,3-7H2,1-2H3. The van der Waals surface area contributed by atoms with E-state index in [1.807, 2.05) is 0 Å². The van der Waals surface area contributed by atoms with Gasteiger partial charge in [-0.25, -0.2) is 0 Å². The van der Waals surface area contributed by atoms with Gasteiger partial charge in [-0.2, -0.15) is 0 Å². The van der Waals surface area contributed by atoms with E-state index >= 15 is 0 Å². The van der Waals surface area contributed by atoms with E-state index in [0.717, 1.165) is 17.9 Å². The smallest absolute Gasteiger partial charge is 0.0128 e. The third kappa shape index (κ3) is 1.58. The molecule has 0 aromatic heterocycles. The molecule has 1 saturated carbocycles. The Labute approximate surface area is 69.8 Å². The highest BCUT2D eigenvalue weighted by atomic mass is 15.2. The predicted octanol–water partition coefficient (Wildman–Crippen LogP) is 2.13. The van der Waals surface area contributed by atoms with Gasteiger partial charge in [0.25, 0.3) is 0 Å². The summed E-state index contributed by atoms with van der Waals surface area (Å²) in [5.74, 6) is 2.00. The molecule has 1 aliphatic carbocycles. The summed E-state index contributed by atoms with van der Waals surface area (Å²) in [4.78, 5) is 2.70. The number of piperidine rings is 1. The van der Waals surface area contributed by atoms with Gasteiger partial charge in [0, 0.05) is 6.04 Å². The van der Waals surface area contributed by atoms with E-state index in [-0.39, 0.29) is 0 Å². The lowest BCUT2D eigenvalue weighted by Gasteiger charge is -2.18. The summed E-state index contributed by atoms with van der Waals surface area (Å²) >= 11 is 0. The maximum atomic E-state index is 2.70. The fourth-order valence-electron chi connectivity index (χ4n) is 2.19. The van der Waals surface area contributed by atoms with Gasteiger partial charge < -0.3 is 4.90 Å². The monoisotopic (exact) mass is 153 g/mol. The van der Waals surface area contributed by atoms with E-state index in [2.05, 4.69) is 18.7 Å². The van der Waals surface area contributed by atoms with Crippen molar-refractivity contribution in [2.24, 2.45) is 11.8 Å². The van der Waals surface area contributed by atoms with Crippen LogP contribution in [-0.2, 0) is 0 Å². The summed E-state index contributed by atoms with van der Waals surface area (Å²) in [5, 5.41) is 0. The van der Waals surface area contributed by atoms with Crippen LogP contribution >= 0.6 is 0 Å². The lowest BCUT2D eigenvalue weighted by molar-refractivity contribution is 0.280. The summed E-state index contributed by atoms with van der Waals surface area (Å²) in [7, 11) is 0. The molecule has 1 aliphatic heterocycles. The fourth-order valence-corrected chi connectivity index (χ4v) is 2.19. The zero-order chi connectivity index (χ0) is 7.84. The van der Waals surface area contributed by atoms with Crippen LogP contribution in [0.4, 0.5) is 0 Å². The van der Waals surface area contributed by atoms with E-state index in [9.17, 15) is 0 Å². The third-order valence-electron chi connectivity index (χ3n) is 3.14. The van der Waals surface area contributed by atoms with E-state index in [4.69, 9.17) is 0 Å². The Hall–Kier alpha value is -0.0400. The summed E-state index contributed by atoms with van der Waals surface area (Å²) < 4.78 is 0. The molecule has 2 aliphatic rings. The Morgan fingerprint density at radius 3 is 2.73 bits per heavy atom. The van der Waals surface area contributed by atoms with Gasteiger partial charge in [0.2, 0.25) is 0 Å². The average molecular weight is 153 g/mol. The molecular weight excluding hydrogens is 134 g/mol. The number of hydrogen-bond donors (Lipinski definition) is 0. The summed E-state index contributed by atoms with van der Waals surface area (Å²) in [6.45, 7) is 7.39. The molecule has 1 heteroatoms. The van der Waals surface area contributed by atoms with Gasteiger partial charge in [0.05, 0.1) is 0 Å². The van der Waals surface area contributed by atoms with Crippen molar-refractivity contribution in [3.63, 3.8) is 0 Å². The normalized spacial score (nSPS) is 36.3. The molecule has 0 amide bonds. The van der Waals surface area contributed by atoms with Crippen LogP contribution in [-0.4, -0.2) is 24.0 Å². The summed E-state index contributed by atoms with van der Waals surface area (Å²) in [5.41, 5.74) is 0. The first kappa shape index (κ1) is 7.60. The van der Waals surface area contributed by atoms with Crippen molar-refractivity contribution < 1.29 is 0 Å². The predicted molar refractivity (Wildman–Crippen MR) is 47.5 cm³/mol. The first-order valence-electron chi connectivity index (χ1n) is 5.01. The minimum Gasteiger partial charge on any atom is -0.300 e. The Kier molecular flexibility index (Phi) is 1.92. The van der Waals surface area contributed by atoms with Crippen LogP contribution < -0.4 is 0 Å². The van der Waals surface area contributed by atoms with Gasteiger partial charge in [-0.05, 0) is 44.2 Å². The minimum atomic E-state index is 0.882. The SMILES string of the molecule is CC(C)CCN1CCC2CC21. The zero-order valence-corrected chi connectivity index (χ0v) is 7.71. The molecule has 0 bridgehead atoms. The molecule has 2 fully saturated rings. The molecule has 2 unspecified atom stereocenters. The first-order chi connectivity index (χ1) is 5.27. The Balaban J connectivity index is 1.70. The molecule has 0 N–H and O–H groups in total. The number of hydrogen-bond acceptors (Lipinski definition) is 1. The van der Waals surface area contributed by atoms with Gasteiger partial charge >= 0.3 is 0 Å². The maximum absolute atomic E-state index is 2.70. The second-order valence-corrected chi connectivity index (χ2v) is 4.57. The van der Waals surface area contributed by atoms with Crippen molar-refractivity contribution in [2.45, 2.75) is 39.2 Å². The Morgan fingerprint density at radius 1 is 1.45 bits per heavy atom. The second-order valence-electron chi connectivity index (χ2n) is 4.57. The van der Waals surface area contributed by atoms with Gasteiger partial charge in [0.1, 0.15) is 0 Å². The number of nitrogens with zero attached hydrogens (tertiary/aromatic N) is 1. The summed E-state index contributed by atoms with van der Waals surface area (Å²) in [6, 6.07) is 1.02. The molecule has 1 saturated heterocycles. The molecule has 64 valence electrons. The van der Waals surface area contributed by atoms with Crippen LogP contribution in [0.1, 0.15) is 33.1 Å². The van der Waals surface area contributed by atoms with E-state index in [0.29, 0.717) is 0 Å². The molecule has 2 rings (SSSR count). The second kappa shape index (κ2) is 2.78. The molecule has 1 nitrogen and oxygen atoms in total.